The van der Waals surface area contributed by atoms with E-state index in [1.54, 1.807) is 12.5 Å². The monoisotopic (exact) mass is 191 g/mol. The number of hydrogen-bond donors (Lipinski definition) is 1. The second kappa shape index (κ2) is 4.09. The fourth-order valence-corrected chi connectivity index (χ4v) is 1.27. The molecule has 0 saturated heterocycles. The van der Waals surface area contributed by atoms with Gasteiger partial charge in [-0.05, 0) is 6.42 Å². The lowest BCUT2D eigenvalue weighted by Gasteiger charge is -2.04. The van der Waals surface area contributed by atoms with Crippen LogP contribution in [0.3, 0.4) is 0 Å². The molecule has 0 atom stereocenters. The summed E-state index contributed by atoms with van der Waals surface area (Å²) in [6.45, 7) is 2.89. The summed E-state index contributed by atoms with van der Waals surface area (Å²) in [5.74, 6) is 0.834. The number of rotatable bonds is 4. The first kappa shape index (κ1) is 8.99. The highest BCUT2D eigenvalue weighted by atomic mass is 16.5. The smallest absolute Gasteiger partial charge is 0.181 e. The van der Waals surface area contributed by atoms with Crippen LogP contribution in [-0.2, 0) is 0 Å². The number of nitrogens with one attached hydrogen (secondary N) is 1. The molecule has 0 unspecified atom stereocenters. The minimum Gasteiger partial charge on any atom is -0.491 e. The Hall–Kier alpha value is -1.58. The third-order valence-corrected chi connectivity index (χ3v) is 2.04. The van der Waals surface area contributed by atoms with Crippen molar-refractivity contribution in [3.63, 3.8) is 0 Å². The summed E-state index contributed by atoms with van der Waals surface area (Å²) in [5.41, 5.74) is 1.59. The van der Waals surface area contributed by atoms with Gasteiger partial charge in [-0.15, -0.1) is 0 Å². The fourth-order valence-electron chi connectivity index (χ4n) is 1.27. The first-order valence-electron chi connectivity index (χ1n) is 4.82. The SMILES string of the molecule is CCCCOc1ccnc2nc[nH]c12. The minimum atomic E-state index is 0.707. The van der Waals surface area contributed by atoms with Gasteiger partial charge in [0.2, 0.25) is 0 Å². The molecule has 0 bridgehead atoms. The van der Waals surface area contributed by atoms with Gasteiger partial charge in [0.15, 0.2) is 5.65 Å². The number of aromatic amines is 1. The average molecular weight is 191 g/mol. The van der Waals surface area contributed by atoms with Crippen molar-refractivity contribution in [2.75, 3.05) is 6.61 Å². The van der Waals surface area contributed by atoms with Gasteiger partial charge < -0.3 is 9.72 Å². The maximum atomic E-state index is 5.61. The Morgan fingerprint density at radius 1 is 1.43 bits per heavy atom. The predicted octanol–water partition coefficient (Wildman–Crippen LogP) is 2.14. The Kier molecular flexibility index (Phi) is 2.62. The molecule has 0 aliphatic carbocycles. The zero-order chi connectivity index (χ0) is 9.80. The standard InChI is InChI=1S/C10H13N3O/c1-2-3-6-14-8-4-5-11-10-9(8)12-7-13-10/h4-5,7H,2-3,6H2,1H3,(H,11,12,13). The maximum absolute atomic E-state index is 5.61. The third kappa shape index (κ3) is 1.69. The lowest BCUT2D eigenvalue weighted by atomic mass is 10.3. The molecular weight excluding hydrogens is 178 g/mol. The summed E-state index contributed by atoms with van der Waals surface area (Å²) in [4.78, 5) is 11.2. The Balaban J connectivity index is 2.19. The van der Waals surface area contributed by atoms with E-state index in [1.165, 1.54) is 0 Å². The van der Waals surface area contributed by atoms with Crippen molar-refractivity contribution in [2.24, 2.45) is 0 Å². The quantitative estimate of drug-likeness (QED) is 0.753. The molecule has 14 heavy (non-hydrogen) atoms. The van der Waals surface area contributed by atoms with Crippen LogP contribution in [0.2, 0.25) is 0 Å². The van der Waals surface area contributed by atoms with E-state index in [0.29, 0.717) is 5.65 Å². The summed E-state index contributed by atoms with van der Waals surface area (Å²) in [6, 6.07) is 1.86. The van der Waals surface area contributed by atoms with Crippen LogP contribution in [0.1, 0.15) is 19.8 Å². The van der Waals surface area contributed by atoms with Crippen molar-refractivity contribution in [1.29, 1.82) is 0 Å². The van der Waals surface area contributed by atoms with E-state index < -0.39 is 0 Å². The van der Waals surface area contributed by atoms with Crippen molar-refractivity contribution < 1.29 is 4.74 Å². The molecule has 4 heteroatoms. The number of hydrogen-bond acceptors (Lipinski definition) is 3. The summed E-state index contributed by atoms with van der Waals surface area (Å²) < 4.78 is 5.61. The van der Waals surface area contributed by atoms with Gasteiger partial charge in [0.25, 0.3) is 0 Å². The van der Waals surface area contributed by atoms with E-state index in [0.717, 1.165) is 30.7 Å². The molecule has 0 spiro atoms. The van der Waals surface area contributed by atoms with E-state index in [9.17, 15) is 0 Å². The largest absolute Gasteiger partial charge is 0.491 e. The molecule has 1 N–H and O–H groups in total. The molecule has 0 amide bonds. The highest BCUT2D eigenvalue weighted by Gasteiger charge is 2.03. The van der Waals surface area contributed by atoms with Crippen molar-refractivity contribution in [2.45, 2.75) is 19.8 Å². The Bertz CT molecular complexity index is 410. The molecule has 0 aliphatic rings. The second-order valence-electron chi connectivity index (χ2n) is 3.11. The number of ether oxygens (including phenoxy) is 1. The number of nitrogens with zero attached hydrogens (tertiary/aromatic N) is 2. The van der Waals surface area contributed by atoms with Crippen LogP contribution >= 0.6 is 0 Å². The van der Waals surface area contributed by atoms with Crippen LogP contribution in [0, 0.1) is 0 Å². The van der Waals surface area contributed by atoms with Gasteiger partial charge in [0.05, 0.1) is 12.9 Å². The second-order valence-corrected chi connectivity index (χ2v) is 3.11. The number of H-pyrrole nitrogens is 1. The van der Waals surface area contributed by atoms with Gasteiger partial charge in [-0.1, -0.05) is 13.3 Å². The Labute approximate surface area is 82.3 Å². The summed E-state index contributed by atoms with van der Waals surface area (Å²) >= 11 is 0. The van der Waals surface area contributed by atoms with E-state index in [4.69, 9.17) is 4.74 Å². The highest BCUT2D eigenvalue weighted by molar-refractivity contribution is 5.76. The van der Waals surface area contributed by atoms with Gasteiger partial charge >= 0.3 is 0 Å². The normalized spacial score (nSPS) is 10.6. The van der Waals surface area contributed by atoms with Crippen LogP contribution in [0.25, 0.3) is 11.2 Å². The van der Waals surface area contributed by atoms with Gasteiger partial charge in [0, 0.05) is 12.3 Å². The summed E-state index contributed by atoms with van der Waals surface area (Å²) in [5, 5.41) is 0. The molecule has 0 saturated carbocycles. The van der Waals surface area contributed by atoms with Gasteiger partial charge in [-0.25, -0.2) is 9.97 Å². The molecule has 74 valence electrons. The van der Waals surface area contributed by atoms with E-state index in [1.807, 2.05) is 6.07 Å². The molecule has 0 aromatic carbocycles. The molecule has 2 aromatic heterocycles. The van der Waals surface area contributed by atoms with Crippen LogP contribution < -0.4 is 4.74 Å². The molecule has 0 fully saturated rings. The number of pyridine rings is 1. The number of fused-ring (bicyclic) bond motifs is 1. The van der Waals surface area contributed by atoms with Crippen LogP contribution in [0.15, 0.2) is 18.6 Å². The molecule has 0 radical (unpaired) electrons. The Morgan fingerprint density at radius 3 is 3.21 bits per heavy atom. The predicted molar refractivity (Wildman–Crippen MR) is 54.3 cm³/mol. The Morgan fingerprint density at radius 2 is 2.36 bits per heavy atom. The molecule has 4 nitrogen and oxygen atoms in total. The van der Waals surface area contributed by atoms with Crippen LogP contribution in [0.4, 0.5) is 0 Å². The number of unbranched alkanes of at least 4 members (excludes halogenated alkanes) is 1. The molecule has 2 aromatic rings. The number of imidazole rings is 1. The third-order valence-electron chi connectivity index (χ3n) is 2.04. The molecule has 2 rings (SSSR count). The fraction of sp³-hybridized carbons (Fsp3) is 0.400. The van der Waals surface area contributed by atoms with Gasteiger partial charge in [0.1, 0.15) is 11.3 Å². The lowest BCUT2D eigenvalue weighted by Crippen LogP contribution is -1.97. The summed E-state index contributed by atoms with van der Waals surface area (Å²) in [7, 11) is 0. The highest BCUT2D eigenvalue weighted by Crippen LogP contribution is 2.20. The molecule has 2 heterocycles. The van der Waals surface area contributed by atoms with Crippen molar-refractivity contribution in [3.8, 4) is 5.75 Å². The molecular formula is C10H13N3O. The van der Waals surface area contributed by atoms with E-state index in [2.05, 4.69) is 21.9 Å². The number of aromatic nitrogens is 3. The van der Waals surface area contributed by atoms with E-state index in [-0.39, 0.29) is 0 Å². The van der Waals surface area contributed by atoms with E-state index >= 15 is 0 Å². The van der Waals surface area contributed by atoms with Crippen molar-refractivity contribution >= 4 is 11.2 Å². The molecule has 0 aliphatic heterocycles. The van der Waals surface area contributed by atoms with Crippen molar-refractivity contribution in [3.05, 3.63) is 18.6 Å². The first-order valence-corrected chi connectivity index (χ1v) is 4.82. The lowest BCUT2D eigenvalue weighted by molar-refractivity contribution is 0.312. The minimum absolute atomic E-state index is 0.707. The zero-order valence-electron chi connectivity index (χ0n) is 8.16. The summed E-state index contributed by atoms with van der Waals surface area (Å²) in [6.07, 6.45) is 5.55. The maximum Gasteiger partial charge on any atom is 0.181 e. The first-order chi connectivity index (χ1) is 6.92. The van der Waals surface area contributed by atoms with Crippen LogP contribution in [-0.4, -0.2) is 21.6 Å². The van der Waals surface area contributed by atoms with Gasteiger partial charge in [-0.2, -0.15) is 0 Å². The topological polar surface area (TPSA) is 50.8 Å². The van der Waals surface area contributed by atoms with Crippen LogP contribution in [0.5, 0.6) is 5.75 Å². The zero-order valence-corrected chi connectivity index (χ0v) is 8.16. The van der Waals surface area contributed by atoms with Crippen molar-refractivity contribution in [1.82, 2.24) is 15.0 Å². The average Bonchev–Trinajstić information content (AvgIpc) is 2.67. The van der Waals surface area contributed by atoms with Gasteiger partial charge in [-0.3, -0.25) is 0 Å².